The molecule has 4 nitrogen and oxygen atoms in total. The van der Waals surface area contributed by atoms with Gasteiger partial charge in [0.1, 0.15) is 12.0 Å². The first-order valence-corrected chi connectivity index (χ1v) is 9.81. The number of rotatable bonds is 2. The Morgan fingerprint density at radius 2 is 2.07 bits per heavy atom. The van der Waals surface area contributed by atoms with Crippen molar-refractivity contribution in [3.05, 3.63) is 82.0 Å². The van der Waals surface area contributed by atoms with Gasteiger partial charge >= 0.3 is 6.03 Å². The van der Waals surface area contributed by atoms with Crippen LogP contribution >= 0.6 is 23.2 Å². The summed E-state index contributed by atoms with van der Waals surface area (Å²) in [4.78, 5) is 16.4. The molecule has 2 heterocycles. The second kappa shape index (κ2) is 7.83. The quantitative estimate of drug-likeness (QED) is 0.631. The third kappa shape index (κ3) is 3.78. The van der Waals surface area contributed by atoms with Gasteiger partial charge in [0.05, 0.1) is 6.20 Å². The van der Waals surface area contributed by atoms with Crippen molar-refractivity contribution in [1.82, 2.24) is 9.80 Å². The fourth-order valence-corrected chi connectivity index (χ4v) is 4.24. The fraction of sp³-hybridized carbons (Fsp3) is 0.286. The van der Waals surface area contributed by atoms with Gasteiger partial charge in [-0.05, 0) is 37.0 Å². The third-order valence-electron chi connectivity index (χ3n) is 5.11. The molecule has 1 aliphatic carbocycles. The van der Waals surface area contributed by atoms with E-state index in [2.05, 4.69) is 0 Å². The van der Waals surface area contributed by atoms with Crippen molar-refractivity contribution in [3.63, 3.8) is 0 Å². The van der Waals surface area contributed by atoms with E-state index in [9.17, 15) is 4.79 Å². The lowest BCUT2D eigenvalue weighted by atomic mass is 9.98. The predicted octanol–water partition coefficient (Wildman–Crippen LogP) is 5.74. The van der Waals surface area contributed by atoms with E-state index in [1.807, 2.05) is 41.3 Å². The van der Waals surface area contributed by atoms with Crippen LogP contribution in [0, 0.1) is 0 Å². The molecule has 1 fully saturated rings. The second-order valence-electron chi connectivity index (χ2n) is 6.81. The highest BCUT2D eigenvalue weighted by Crippen LogP contribution is 2.34. The van der Waals surface area contributed by atoms with Gasteiger partial charge in [-0.15, -0.1) is 0 Å². The Balaban J connectivity index is 1.48. The zero-order valence-corrected chi connectivity index (χ0v) is 16.3. The zero-order valence-electron chi connectivity index (χ0n) is 14.8. The molecule has 1 atom stereocenters. The number of hydrogen-bond acceptors (Lipinski definition) is 2. The molecule has 0 aromatic heterocycles. The molecule has 0 saturated carbocycles. The molecule has 140 valence electrons. The number of nitrogens with zero attached hydrogens (tertiary/aromatic N) is 2. The standard InChI is InChI=1S/C21H20Cl2N2O2/c22-18-7-3-1-5-16(18)15-9-10-24(13-15)21(26)25-11-12-27-20(14-25)17-6-2-4-8-19(17)23/h1,3-5,7-8,11-12,14-15H,2,6,9-10,13H2. The monoisotopic (exact) mass is 402 g/mol. The van der Waals surface area contributed by atoms with Crippen LogP contribution in [0.3, 0.4) is 0 Å². The van der Waals surface area contributed by atoms with Crippen LogP contribution in [-0.2, 0) is 4.74 Å². The first-order valence-electron chi connectivity index (χ1n) is 9.06. The minimum absolute atomic E-state index is 0.0651. The Morgan fingerprint density at radius 1 is 1.22 bits per heavy atom. The molecule has 2 aliphatic heterocycles. The molecule has 3 aliphatic rings. The van der Waals surface area contributed by atoms with Crippen LogP contribution in [0.5, 0.6) is 0 Å². The van der Waals surface area contributed by atoms with Gasteiger partial charge in [0.2, 0.25) is 0 Å². The maximum Gasteiger partial charge on any atom is 0.328 e. The van der Waals surface area contributed by atoms with E-state index < -0.39 is 0 Å². The maximum atomic E-state index is 13.0. The largest absolute Gasteiger partial charge is 0.462 e. The predicted molar refractivity (Wildman–Crippen MR) is 107 cm³/mol. The van der Waals surface area contributed by atoms with Crippen molar-refractivity contribution < 1.29 is 9.53 Å². The lowest BCUT2D eigenvalue weighted by Crippen LogP contribution is -2.37. The number of urea groups is 1. The van der Waals surface area contributed by atoms with Crippen molar-refractivity contribution in [3.8, 4) is 0 Å². The van der Waals surface area contributed by atoms with Crippen molar-refractivity contribution in [2.24, 2.45) is 0 Å². The van der Waals surface area contributed by atoms with Crippen LogP contribution in [-0.4, -0.2) is 28.9 Å². The first kappa shape index (κ1) is 18.2. The highest BCUT2D eigenvalue weighted by atomic mass is 35.5. The maximum absolute atomic E-state index is 13.0. The molecule has 0 N–H and O–H groups in total. The summed E-state index contributed by atoms with van der Waals surface area (Å²) in [7, 11) is 0. The third-order valence-corrected chi connectivity index (χ3v) is 5.81. The van der Waals surface area contributed by atoms with E-state index in [0.717, 1.165) is 35.4 Å². The summed E-state index contributed by atoms with van der Waals surface area (Å²) in [5, 5.41) is 1.42. The van der Waals surface area contributed by atoms with Crippen LogP contribution < -0.4 is 0 Å². The fourth-order valence-electron chi connectivity index (χ4n) is 3.67. The number of halogens is 2. The average Bonchev–Trinajstić information content (AvgIpc) is 3.18. The molecule has 0 spiro atoms. The van der Waals surface area contributed by atoms with Crippen LogP contribution in [0.4, 0.5) is 4.79 Å². The van der Waals surface area contributed by atoms with Crippen molar-refractivity contribution in [2.45, 2.75) is 25.2 Å². The van der Waals surface area contributed by atoms with Gasteiger partial charge in [-0.2, -0.15) is 0 Å². The summed E-state index contributed by atoms with van der Waals surface area (Å²) in [6.45, 7) is 1.36. The number of ether oxygens (including phenoxy) is 1. The zero-order chi connectivity index (χ0) is 18.8. The number of hydrogen-bond donors (Lipinski definition) is 0. The van der Waals surface area contributed by atoms with Crippen molar-refractivity contribution >= 4 is 29.2 Å². The molecule has 0 bridgehead atoms. The highest BCUT2D eigenvalue weighted by Gasteiger charge is 2.31. The Labute approximate surface area is 169 Å². The van der Waals surface area contributed by atoms with Gasteiger partial charge < -0.3 is 9.64 Å². The minimum atomic E-state index is -0.0651. The number of benzene rings is 1. The van der Waals surface area contributed by atoms with Crippen LogP contribution in [0.1, 0.15) is 30.7 Å². The van der Waals surface area contributed by atoms with Crippen molar-refractivity contribution in [1.29, 1.82) is 0 Å². The van der Waals surface area contributed by atoms with E-state index in [-0.39, 0.29) is 11.9 Å². The SMILES string of the molecule is O=C(N1C=COC(C2=C(Cl)C=CCC2)=C1)N1CCC(c2ccccc2Cl)C1. The number of amides is 2. The first-order chi connectivity index (χ1) is 13.1. The normalized spacial score (nSPS) is 22.1. The van der Waals surface area contributed by atoms with E-state index in [1.165, 1.54) is 6.26 Å². The summed E-state index contributed by atoms with van der Waals surface area (Å²) in [6, 6.07) is 7.79. The van der Waals surface area contributed by atoms with Crippen molar-refractivity contribution in [2.75, 3.05) is 13.1 Å². The topological polar surface area (TPSA) is 32.8 Å². The molecule has 6 heteroatoms. The minimum Gasteiger partial charge on any atom is -0.462 e. The Bertz CT molecular complexity index is 873. The second-order valence-corrected chi connectivity index (χ2v) is 7.62. The number of likely N-dealkylation sites (tertiary alicyclic amines) is 1. The van der Waals surface area contributed by atoms with E-state index >= 15 is 0 Å². The van der Waals surface area contributed by atoms with E-state index in [1.54, 1.807) is 17.3 Å². The summed E-state index contributed by atoms with van der Waals surface area (Å²) >= 11 is 12.6. The Kier molecular flexibility index (Phi) is 5.28. The molecule has 1 aromatic rings. The number of carbonyl (C=O) groups is 1. The van der Waals surface area contributed by atoms with Gasteiger partial charge in [0.25, 0.3) is 0 Å². The highest BCUT2D eigenvalue weighted by molar-refractivity contribution is 6.32. The molecule has 0 radical (unpaired) electrons. The van der Waals surface area contributed by atoms with Gasteiger partial charge in [-0.3, -0.25) is 4.90 Å². The molecule has 2 amide bonds. The molecule has 1 saturated heterocycles. The smallest absolute Gasteiger partial charge is 0.328 e. The summed E-state index contributed by atoms with van der Waals surface area (Å²) in [6.07, 6.45) is 11.4. The lowest BCUT2D eigenvalue weighted by Gasteiger charge is -2.26. The van der Waals surface area contributed by atoms with Gasteiger partial charge in [-0.1, -0.05) is 47.5 Å². The van der Waals surface area contributed by atoms with Gasteiger partial charge in [0.15, 0.2) is 0 Å². The molecule has 27 heavy (non-hydrogen) atoms. The summed E-state index contributed by atoms with van der Waals surface area (Å²) in [5.74, 6) is 0.888. The number of carbonyl (C=O) groups excluding carboxylic acids is 1. The molecule has 1 aromatic carbocycles. The molecular formula is C21H20Cl2N2O2. The Morgan fingerprint density at radius 3 is 2.89 bits per heavy atom. The van der Waals surface area contributed by atoms with Gasteiger partial charge in [-0.25, -0.2) is 4.79 Å². The Hall–Kier alpha value is -2.17. The van der Waals surface area contributed by atoms with Crippen LogP contribution in [0.15, 0.2) is 71.4 Å². The molecular weight excluding hydrogens is 383 g/mol. The van der Waals surface area contributed by atoms with E-state index in [0.29, 0.717) is 23.9 Å². The average molecular weight is 403 g/mol. The molecule has 4 rings (SSSR count). The van der Waals surface area contributed by atoms with E-state index in [4.69, 9.17) is 27.9 Å². The number of allylic oxidation sites excluding steroid dienone is 4. The summed E-state index contributed by atoms with van der Waals surface area (Å²) in [5.41, 5.74) is 2.03. The van der Waals surface area contributed by atoms with Crippen LogP contribution in [0.2, 0.25) is 5.02 Å². The summed E-state index contributed by atoms with van der Waals surface area (Å²) < 4.78 is 5.61. The van der Waals surface area contributed by atoms with Gasteiger partial charge in [0, 0.05) is 40.8 Å². The lowest BCUT2D eigenvalue weighted by molar-refractivity contribution is 0.185. The van der Waals surface area contributed by atoms with Crippen LogP contribution in [0.25, 0.3) is 0 Å². The molecule has 1 unspecified atom stereocenters.